The highest BCUT2D eigenvalue weighted by Gasteiger charge is 2.27. The first-order valence-corrected chi connectivity index (χ1v) is 10.5. The van der Waals surface area contributed by atoms with Crippen molar-refractivity contribution in [1.82, 2.24) is 0 Å². The van der Waals surface area contributed by atoms with Crippen LogP contribution in [-0.4, -0.2) is 0 Å². The van der Waals surface area contributed by atoms with Gasteiger partial charge in [-0.15, -0.1) is 0 Å². The first-order chi connectivity index (χ1) is 12.3. The first kappa shape index (κ1) is 20.7. The van der Waals surface area contributed by atoms with Crippen LogP contribution < -0.4 is 0 Å². The molecule has 0 saturated heterocycles. The summed E-state index contributed by atoms with van der Waals surface area (Å²) in [6, 6.07) is 4.73. The standard InChI is InChI=1S/C26H38/c1-7-8-9-12-22-13-14-23-15-17-26(6,16-10-11-20(2)3)19-25(23)24(22)18-21(4)5/h11,13-15,17H,4,7-10,12,16,18-19H2,1-3,5-6H3. The molecule has 0 bridgehead atoms. The van der Waals surface area contributed by atoms with Crippen molar-refractivity contribution in [3.63, 3.8) is 0 Å². The Bertz CT molecular complexity index is 682. The molecule has 0 N–H and O–H groups in total. The predicted molar refractivity (Wildman–Crippen MR) is 118 cm³/mol. The lowest BCUT2D eigenvalue weighted by Gasteiger charge is -2.32. The van der Waals surface area contributed by atoms with E-state index in [4.69, 9.17) is 0 Å². The number of benzene rings is 1. The fourth-order valence-corrected chi connectivity index (χ4v) is 4.06. The second-order valence-electron chi connectivity index (χ2n) is 8.85. The third-order valence-electron chi connectivity index (χ3n) is 5.61. The van der Waals surface area contributed by atoms with E-state index < -0.39 is 0 Å². The summed E-state index contributed by atoms with van der Waals surface area (Å²) >= 11 is 0. The molecule has 0 aromatic heterocycles. The lowest BCUT2D eigenvalue weighted by atomic mass is 9.72. The highest BCUT2D eigenvalue weighted by Crippen LogP contribution is 2.39. The summed E-state index contributed by atoms with van der Waals surface area (Å²) in [4.78, 5) is 0. The van der Waals surface area contributed by atoms with Crippen LogP contribution in [0.1, 0.15) is 89.0 Å². The molecule has 2 rings (SSSR count). The maximum Gasteiger partial charge on any atom is -0.00669 e. The number of aryl methyl sites for hydroxylation is 1. The van der Waals surface area contributed by atoms with Crippen LogP contribution in [0.15, 0.2) is 42.0 Å². The molecule has 1 unspecified atom stereocenters. The third-order valence-corrected chi connectivity index (χ3v) is 5.61. The predicted octanol–water partition coefficient (Wildman–Crippen LogP) is 7.86. The Kier molecular flexibility index (Phi) is 7.50. The molecule has 0 amide bonds. The highest BCUT2D eigenvalue weighted by molar-refractivity contribution is 5.62. The number of hydrogen-bond donors (Lipinski definition) is 0. The molecule has 26 heavy (non-hydrogen) atoms. The highest BCUT2D eigenvalue weighted by atomic mass is 14.3. The Morgan fingerprint density at radius 1 is 1.19 bits per heavy atom. The van der Waals surface area contributed by atoms with Gasteiger partial charge in [0, 0.05) is 0 Å². The minimum absolute atomic E-state index is 0.269. The van der Waals surface area contributed by atoms with Crippen LogP contribution in [0.2, 0.25) is 0 Å². The fourth-order valence-electron chi connectivity index (χ4n) is 4.06. The number of fused-ring (bicyclic) bond motifs is 1. The second-order valence-corrected chi connectivity index (χ2v) is 8.85. The van der Waals surface area contributed by atoms with Crippen molar-refractivity contribution in [3.8, 4) is 0 Å². The van der Waals surface area contributed by atoms with E-state index in [0.29, 0.717) is 0 Å². The van der Waals surface area contributed by atoms with Crippen LogP contribution in [0, 0.1) is 5.41 Å². The van der Waals surface area contributed by atoms with Crippen LogP contribution >= 0.6 is 0 Å². The Hall–Kier alpha value is -1.56. The van der Waals surface area contributed by atoms with Gasteiger partial charge in [-0.05, 0) is 87.0 Å². The molecule has 142 valence electrons. The van der Waals surface area contributed by atoms with Gasteiger partial charge in [-0.3, -0.25) is 0 Å². The van der Waals surface area contributed by atoms with E-state index in [1.54, 1.807) is 16.7 Å². The first-order valence-electron chi connectivity index (χ1n) is 10.5. The molecule has 1 aliphatic rings. The van der Waals surface area contributed by atoms with E-state index in [-0.39, 0.29) is 5.41 Å². The molecule has 1 atom stereocenters. The zero-order valence-electron chi connectivity index (χ0n) is 17.8. The van der Waals surface area contributed by atoms with Gasteiger partial charge in [-0.2, -0.15) is 0 Å². The summed E-state index contributed by atoms with van der Waals surface area (Å²) < 4.78 is 0. The molecule has 0 saturated carbocycles. The molecule has 0 nitrogen and oxygen atoms in total. The number of unbranched alkanes of at least 4 members (excludes halogenated alkanes) is 2. The Labute approximate surface area is 162 Å². The zero-order chi connectivity index (χ0) is 19.2. The average molecular weight is 351 g/mol. The molecule has 0 spiro atoms. The lowest BCUT2D eigenvalue weighted by Crippen LogP contribution is -2.22. The SMILES string of the molecule is C=C(C)Cc1c(CCCCC)ccc2c1CC(C)(CCC=C(C)C)C=C2. The van der Waals surface area contributed by atoms with E-state index in [2.05, 4.69) is 71.6 Å². The fraction of sp³-hybridized carbons (Fsp3) is 0.538. The third kappa shape index (κ3) is 5.73. The normalized spacial score (nSPS) is 18.5. The van der Waals surface area contributed by atoms with Gasteiger partial charge >= 0.3 is 0 Å². The second kappa shape index (κ2) is 9.40. The largest absolute Gasteiger partial charge is 0.0998 e. The minimum Gasteiger partial charge on any atom is -0.0998 e. The summed E-state index contributed by atoms with van der Waals surface area (Å²) in [5.41, 5.74) is 9.12. The van der Waals surface area contributed by atoms with Crippen LogP contribution in [0.5, 0.6) is 0 Å². The van der Waals surface area contributed by atoms with E-state index in [1.807, 2.05) is 0 Å². The van der Waals surface area contributed by atoms with Crippen molar-refractivity contribution in [3.05, 3.63) is 64.3 Å². The summed E-state index contributed by atoms with van der Waals surface area (Å²) in [5, 5.41) is 0. The topological polar surface area (TPSA) is 0 Å². The van der Waals surface area contributed by atoms with Crippen molar-refractivity contribution in [2.75, 3.05) is 0 Å². The summed E-state index contributed by atoms with van der Waals surface area (Å²) in [6.45, 7) is 15.5. The molecule has 0 heteroatoms. The monoisotopic (exact) mass is 350 g/mol. The van der Waals surface area contributed by atoms with E-state index >= 15 is 0 Å². The Morgan fingerprint density at radius 2 is 1.96 bits per heavy atom. The van der Waals surface area contributed by atoms with Gasteiger partial charge < -0.3 is 0 Å². The molecule has 0 fully saturated rings. The van der Waals surface area contributed by atoms with Gasteiger partial charge in [0.05, 0.1) is 0 Å². The number of allylic oxidation sites excluding steroid dienone is 4. The lowest BCUT2D eigenvalue weighted by molar-refractivity contribution is 0.389. The number of rotatable bonds is 9. The maximum atomic E-state index is 4.22. The molecular formula is C26H38. The summed E-state index contributed by atoms with van der Waals surface area (Å²) in [6.07, 6.45) is 16.9. The van der Waals surface area contributed by atoms with Gasteiger partial charge in [0.15, 0.2) is 0 Å². The minimum atomic E-state index is 0.269. The van der Waals surface area contributed by atoms with Gasteiger partial charge in [0.2, 0.25) is 0 Å². The Morgan fingerprint density at radius 3 is 2.62 bits per heavy atom. The van der Waals surface area contributed by atoms with Crippen molar-refractivity contribution in [2.45, 2.75) is 86.0 Å². The Balaban J connectivity index is 2.30. The van der Waals surface area contributed by atoms with Crippen molar-refractivity contribution < 1.29 is 0 Å². The van der Waals surface area contributed by atoms with Gasteiger partial charge in [0.1, 0.15) is 0 Å². The maximum absolute atomic E-state index is 4.22. The van der Waals surface area contributed by atoms with Gasteiger partial charge in [-0.1, -0.05) is 74.8 Å². The molecule has 1 aliphatic carbocycles. The van der Waals surface area contributed by atoms with Crippen molar-refractivity contribution in [1.29, 1.82) is 0 Å². The van der Waals surface area contributed by atoms with Crippen LogP contribution in [0.4, 0.5) is 0 Å². The van der Waals surface area contributed by atoms with E-state index in [0.717, 1.165) is 6.42 Å². The molecule has 0 radical (unpaired) electrons. The molecule has 0 aliphatic heterocycles. The number of hydrogen-bond acceptors (Lipinski definition) is 0. The quantitative estimate of drug-likeness (QED) is 0.314. The molecule has 0 heterocycles. The van der Waals surface area contributed by atoms with E-state index in [1.165, 1.54) is 61.7 Å². The van der Waals surface area contributed by atoms with Crippen LogP contribution in [0.3, 0.4) is 0 Å². The average Bonchev–Trinajstić information content (AvgIpc) is 2.56. The van der Waals surface area contributed by atoms with E-state index in [9.17, 15) is 0 Å². The summed E-state index contributed by atoms with van der Waals surface area (Å²) in [7, 11) is 0. The van der Waals surface area contributed by atoms with Crippen molar-refractivity contribution >= 4 is 6.08 Å². The molecular weight excluding hydrogens is 312 g/mol. The molecule has 1 aromatic rings. The molecule has 1 aromatic carbocycles. The van der Waals surface area contributed by atoms with Crippen LogP contribution in [-0.2, 0) is 19.3 Å². The van der Waals surface area contributed by atoms with Crippen molar-refractivity contribution in [2.24, 2.45) is 5.41 Å². The van der Waals surface area contributed by atoms with Crippen LogP contribution in [0.25, 0.3) is 6.08 Å². The van der Waals surface area contributed by atoms with Gasteiger partial charge in [0.25, 0.3) is 0 Å². The van der Waals surface area contributed by atoms with Gasteiger partial charge in [-0.25, -0.2) is 0 Å². The zero-order valence-corrected chi connectivity index (χ0v) is 17.8. The smallest absolute Gasteiger partial charge is 0.00669 e. The summed E-state index contributed by atoms with van der Waals surface area (Å²) in [5.74, 6) is 0.